The van der Waals surface area contributed by atoms with Crippen molar-refractivity contribution in [3.05, 3.63) is 11.8 Å². The van der Waals surface area contributed by atoms with Gasteiger partial charge in [0.25, 0.3) is 0 Å². The van der Waals surface area contributed by atoms with E-state index < -0.39 is 14.7 Å². The van der Waals surface area contributed by atoms with Crippen LogP contribution in [0.5, 0.6) is 0 Å². The molecule has 0 saturated heterocycles. The molecule has 0 aliphatic carbocycles. The van der Waals surface area contributed by atoms with Crippen molar-refractivity contribution in [3.8, 4) is 0 Å². The van der Waals surface area contributed by atoms with Crippen LogP contribution in [-0.2, 0) is 22.9 Å². The van der Waals surface area contributed by atoms with E-state index in [2.05, 4.69) is 0 Å². The minimum Gasteiger partial charge on any atom is -0.374 e. The highest BCUT2D eigenvalue weighted by molar-refractivity contribution is 6.66. The lowest BCUT2D eigenvalue weighted by atomic mass is 9.97. The Morgan fingerprint density at radius 2 is 1.47 bits per heavy atom. The molecule has 0 unspecified atom stereocenters. The quantitative estimate of drug-likeness (QED) is 0.484. The van der Waals surface area contributed by atoms with Crippen LogP contribution < -0.4 is 0 Å². The van der Waals surface area contributed by atoms with Gasteiger partial charge in [0.1, 0.15) is 11.6 Å². The minimum atomic E-state index is -2.76. The van der Waals surface area contributed by atoms with Crippen LogP contribution in [0.1, 0.15) is 20.3 Å². The Hall–Kier alpha value is -0.823. The van der Waals surface area contributed by atoms with Gasteiger partial charge in [0.05, 0.1) is 5.92 Å². The van der Waals surface area contributed by atoms with Crippen LogP contribution in [0.2, 0.25) is 0 Å². The maximum absolute atomic E-state index is 11.2. The van der Waals surface area contributed by atoms with E-state index in [1.165, 1.54) is 35.2 Å². The molecule has 0 N–H and O–H groups in total. The van der Waals surface area contributed by atoms with Crippen LogP contribution in [0.3, 0.4) is 0 Å². The standard InChI is InChI=1S/C11H20O5Si/c1-9(12)11(10(2)13)7-6-8-17(14-3,15-4)16-5/h6,8,11H,7H2,1-5H3. The zero-order valence-electron chi connectivity index (χ0n) is 11.0. The summed E-state index contributed by atoms with van der Waals surface area (Å²) in [6.07, 6.45) is 2.05. The fraction of sp³-hybridized carbons (Fsp3) is 0.636. The van der Waals surface area contributed by atoms with Crippen molar-refractivity contribution in [1.82, 2.24) is 0 Å². The number of ketones is 2. The number of Topliss-reactive ketones (excluding diaryl/α,β-unsaturated/α-hetero) is 2. The molecule has 0 spiro atoms. The zero-order chi connectivity index (χ0) is 13.5. The van der Waals surface area contributed by atoms with E-state index >= 15 is 0 Å². The van der Waals surface area contributed by atoms with Crippen LogP contribution in [-0.4, -0.2) is 41.7 Å². The highest BCUT2D eigenvalue weighted by Crippen LogP contribution is 2.12. The third-order valence-electron chi connectivity index (χ3n) is 2.53. The summed E-state index contributed by atoms with van der Waals surface area (Å²) in [5, 5.41) is 0. The van der Waals surface area contributed by atoms with E-state index in [-0.39, 0.29) is 11.6 Å². The maximum Gasteiger partial charge on any atom is 0.528 e. The predicted molar refractivity (Wildman–Crippen MR) is 65.4 cm³/mol. The van der Waals surface area contributed by atoms with Gasteiger partial charge in [0, 0.05) is 21.3 Å². The molecular formula is C11H20O5Si. The van der Waals surface area contributed by atoms with Gasteiger partial charge < -0.3 is 13.3 Å². The minimum absolute atomic E-state index is 0.137. The molecular weight excluding hydrogens is 240 g/mol. The van der Waals surface area contributed by atoms with Crippen LogP contribution >= 0.6 is 0 Å². The topological polar surface area (TPSA) is 61.8 Å². The van der Waals surface area contributed by atoms with Gasteiger partial charge in [-0.05, 0) is 26.0 Å². The van der Waals surface area contributed by atoms with Crippen LogP contribution in [0.25, 0.3) is 0 Å². The van der Waals surface area contributed by atoms with Crippen LogP contribution in [0, 0.1) is 5.92 Å². The lowest BCUT2D eigenvalue weighted by molar-refractivity contribution is -0.130. The molecule has 0 bridgehead atoms. The van der Waals surface area contributed by atoms with Gasteiger partial charge in [-0.3, -0.25) is 9.59 Å². The smallest absolute Gasteiger partial charge is 0.374 e. The van der Waals surface area contributed by atoms with E-state index in [9.17, 15) is 9.59 Å². The van der Waals surface area contributed by atoms with E-state index in [1.54, 1.807) is 11.8 Å². The molecule has 0 aromatic carbocycles. The molecule has 0 aromatic heterocycles. The van der Waals surface area contributed by atoms with Gasteiger partial charge >= 0.3 is 8.80 Å². The van der Waals surface area contributed by atoms with Gasteiger partial charge in [-0.15, -0.1) is 0 Å². The number of carbonyl (C=O) groups excluding carboxylic acids is 2. The predicted octanol–water partition coefficient (Wildman–Crippen LogP) is 1.14. The molecule has 0 saturated carbocycles. The Bertz CT molecular complexity index is 274. The summed E-state index contributed by atoms with van der Waals surface area (Å²) in [5.74, 6) is -0.869. The fourth-order valence-corrected chi connectivity index (χ4v) is 2.75. The third-order valence-corrected chi connectivity index (χ3v) is 4.88. The van der Waals surface area contributed by atoms with Gasteiger partial charge in [-0.25, -0.2) is 0 Å². The van der Waals surface area contributed by atoms with Crippen molar-refractivity contribution in [3.63, 3.8) is 0 Å². The first-order chi connectivity index (χ1) is 7.92. The number of hydrogen-bond acceptors (Lipinski definition) is 5. The molecule has 0 aliphatic rings. The Kier molecular flexibility index (Phi) is 7.13. The third kappa shape index (κ3) is 4.91. The molecule has 0 aliphatic heterocycles. The van der Waals surface area contributed by atoms with Crippen LogP contribution in [0.15, 0.2) is 11.8 Å². The Balaban J connectivity index is 4.62. The maximum atomic E-state index is 11.2. The molecule has 0 heterocycles. The monoisotopic (exact) mass is 260 g/mol. The number of rotatable bonds is 8. The number of allylic oxidation sites excluding steroid dienone is 1. The Morgan fingerprint density at radius 1 is 1.06 bits per heavy atom. The van der Waals surface area contributed by atoms with E-state index in [1.807, 2.05) is 0 Å². The van der Waals surface area contributed by atoms with E-state index in [0.29, 0.717) is 6.42 Å². The van der Waals surface area contributed by atoms with E-state index in [0.717, 1.165) is 0 Å². The average Bonchev–Trinajstić information content (AvgIpc) is 2.29. The second kappa shape index (κ2) is 7.49. The van der Waals surface area contributed by atoms with Crippen molar-refractivity contribution in [2.24, 2.45) is 5.92 Å². The molecule has 0 rings (SSSR count). The normalized spacial score (nSPS) is 12.4. The summed E-state index contributed by atoms with van der Waals surface area (Å²) in [7, 11) is 1.73. The second-order valence-corrected chi connectivity index (χ2v) is 6.39. The molecule has 0 fully saturated rings. The lowest BCUT2D eigenvalue weighted by Crippen LogP contribution is -2.41. The largest absolute Gasteiger partial charge is 0.528 e. The van der Waals surface area contributed by atoms with Crippen molar-refractivity contribution in [2.45, 2.75) is 20.3 Å². The van der Waals surface area contributed by atoms with Crippen molar-refractivity contribution in [2.75, 3.05) is 21.3 Å². The first-order valence-electron chi connectivity index (χ1n) is 5.26. The molecule has 0 aromatic rings. The molecule has 17 heavy (non-hydrogen) atoms. The fourth-order valence-electron chi connectivity index (χ4n) is 1.42. The second-order valence-electron chi connectivity index (χ2n) is 3.63. The first kappa shape index (κ1) is 16.2. The van der Waals surface area contributed by atoms with Gasteiger partial charge in [-0.1, -0.05) is 6.08 Å². The molecule has 5 nitrogen and oxygen atoms in total. The Morgan fingerprint density at radius 3 is 1.76 bits per heavy atom. The van der Waals surface area contributed by atoms with Crippen molar-refractivity contribution in [1.29, 1.82) is 0 Å². The highest BCUT2D eigenvalue weighted by atomic mass is 28.4. The Labute approximate surface area is 103 Å². The van der Waals surface area contributed by atoms with Gasteiger partial charge in [0.2, 0.25) is 0 Å². The molecule has 6 heteroatoms. The van der Waals surface area contributed by atoms with Crippen molar-refractivity contribution < 1.29 is 22.9 Å². The van der Waals surface area contributed by atoms with E-state index in [4.69, 9.17) is 13.3 Å². The van der Waals surface area contributed by atoms with Gasteiger partial charge in [-0.2, -0.15) is 0 Å². The summed E-state index contributed by atoms with van der Waals surface area (Å²) in [5.41, 5.74) is 1.67. The van der Waals surface area contributed by atoms with Crippen LogP contribution in [0.4, 0.5) is 0 Å². The number of carbonyl (C=O) groups is 2. The zero-order valence-corrected chi connectivity index (χ0v) is 12.0. The summed E-state index contributed by atoms with van der Waals surface area (Å²) < 4.78 is 15.5. The molecule has 98 valence electrons. The molecule has 0 radical (unpaired) electrons. The summed E-state index contributed by atoms with van der Waals surface area (Å²) in [6.45, 7) is 2.82. The lowest BCUT2D eigenvalue weighted by Gasteiger charge is -2.20. The van der Waals surface area contributed by atoms with Gasteiger partial charge in [0.15, 0.2) is 0 Å². The average molecular weight is 260 g/mol. The molecule has 0 atom stereocenters. The summed E-state index contributed by atoms with van der Waals surface area (Å²) in [6, 6.07) is 0. The highest BCUT2D eigenvalue weighted by Gasteiger charge is 2.34. The SMILES string of the molecule is CO[Si](C=CCC(C(C)=O)C(C)=O)(OC)OC. The molecule has 0 amide bonds. The summed E-state index contributed by atoms with van der Waals surface area (Å²) in [4.78, 5) is 22.4. The summed E-state index contributed by atoms with van der Waals surface area (Å²) >= 11 is 0. The van der Waals surface area contributed by atoms with Crippen molar-refractivity contribution >= 4 is 20.4 Å². The number of hydrogen-bond donors (Lipinski definition) is 0. The first-order valence-corrected chi connectivity index (χ1v) is 7.06.